The third-order valence-electron chi connectivity index (χ3n) is 6.40. The van der Waals surface area contributed by atoms with Crippen LogP contribution in [0.4, 0.5) is 5.82 Å². The first-order valence-electron chi connectivity index (χ1n) is 11.0. The molecule has 4 rings (SSSR count). The van der Waals surface area contributed by atoms with Crippen LogP contribution in [-0.4, -0.2) is 27.4 Å². The molecule has 2 aliphatic rings. The number of hydrogen-bond donors (Lipinski definition) is 2. The summed E-state index contributed by atoms with van der Waals surface area (Å²) in [5.41, 5.74) is 3.45. The number of nitriles is 1. The standard InChI is InChI=1S/C24H28ClN5O2/c1-14(31)28-16-6-4-5-15(7-16)23(32)29-22-9-18(20(25)12-27-22)19-8-17(11-26)30-13-24(2,3)10-21(19)30/h8-9,12,15-16H,4-7,10,13H2,1-3H3,(H,28,31)(H,27,29,32)/t15-,16+/m0/s1. The Kier molecular flexibility index (Phi) is 6.00. The summed E-state index contributed by atoms with van der Waals surface area (Å²) in [4.78, 5) is 28.6. The first kappa shape index (κ1) is 22.3. The Bertz CT molecular complexity index is 1110. The number of pyridine rings is 1. The largest absolute Gasteiger partial charge is 0.354 e. The fraction of sp³-hybridized carbons (Fsp3) is 0.500. The number of halogens is 1. The fourth-order valence-electron chi connectivity index (χ4n) is 5.01. The summed E-state index contributed by atoms with van der Waals surface area (Å²) in [6, 6.07) is 5.98. The average Bonchev–Trinajstić information content (AvgIpc) is 3.21. The third kappa shape index (κ3) is 4.51. The van der Waals surface area contributed by atoms with Crippen molar-refractivity contribution in [2.75, 3.05) is 5.32 Å². The van der Waals surface area contributed by atoms with E-state index < -0.39 is 0 Å². The second-order valence-electron chi connectivity index (χ2n) is 9.73. The lowest BCUT2D eigenvalue weighted by Crippen LogP contribution is -2.40. The van der Waals surface area contributed by atoms with E-state index >= 15 is 0 Å². The molecule has 32 heavy (non-hydrogen) atoms. The minimum Gasteiger partial charge on any atom is -0.354 e. The molecular formula is C24H28ClN5O2. The quantitative estimate of drug-likeness (QED) is 0.721. The summed E-state index contributed by atoms with van der Waals surface area (Å²) in [6.45, 7) is 6.65. The molecule has 1 aliphatic carbocycles. The van der Waals surface area contributed by atoms with Crippen LogP contribution in [0.3, 0.4) is 0 Å². The predicted octanol–water partition coefficient (Wildman–Crippen LogP) is 4.29. The van der Waals surface area contributed by atoms with Gasteiger partial charge in [0.1, 0.15) is 17.6 Å². The van der Waals surface area contributed by atoms with Crippen molar-refractivity contribution in [3.05, 3.63) is 34.7 Å². The van der Waals surface area contributed by atoms with Gasteiger partial charge in [-0.3, -0.25) is 9.59 Å². The van der Waals surface area contributed by atoms with Crippen molar-refractivity contribution in [2.45, 2.75) is 65.5 Å². The first-order valence-corrected chi connectivity index (χ1v) is 11.4. The number of anilines is 1. The Balaban J connectivity index is 1.57. The molecule has 168 valence electrons. The molecule has 8 heteroatoms. The van der Waals surface area contributed by atoms with E-state index in [1.807, 2.05) is 6.07 Å². The minimum absolute atomic E-state index is 0.0300. The number of rotatable bonds is 4. The van der Waals surface area contributed by atoms with Crippen molar-refractivity contribution in [3.63, 3.8) is 0 Å². The molecule has 1 aliphatic heterocycles. The van der Waals surface area contributed by atoms with Crippen LogP contribution in [0.2, 0.25) is 5.02 Å². The highest BCUT2D eigenvalue weighted by Gasteiger charge is 2.33. The summed E-state index contributed by atoms with van der Waals surface area (Å²) in [6.07, 6.45) is 5.59. The van der Waals surface area contributed by atoms with Gasteiger partial charge in [0.05, 0.1) is 5.02 Å². The van der Waals surface area contributed by atoms with Gasteiger partial charge in [0.2, 0.25) is 11.8 Å². The second kappa shape index (κ2) is 8.59. The smallest absolute Gasteiger partial charge is 0.228 e. The van der Waals surface area contributed by atoms with Gasteiger partial charge in [-0.2, -0.15) is 5.26 Å². The molecule has 1 fully saturated rings. The van der Waals surface area contributed by atoms with Gasteiger partial charge in [-0.1, -0.05) is 31.9 Å². The van der Waals surface area contributed by atoms with Gasteiger partial charge >= 0.3 is 0 Å². The zero-order valence-corrected chi connectivity index (χ0v) is 19.4. The molecular weight excluding hydrogens is 426 g/mol. The van der Waals surface area contributed by atoms with Gasteiger partial charge in [-0.15, -0.1) is 0 Å². The lowest BCUT2D eigenvalue weighted by atomic mass is 9.85. The second-order valence-corrected chi connectivity index (χ2v) is 10.1. The molecule has 0 unspecified atom stereocenters. The molecule has 2 atom stereocenters. The van der Waals surface area contributed by atoms with E-state index in [2.05, 4.69) is 40.1 Å². The minimum atomic E-state index is -0.175. The third-order valence-corrected chi connectivity index (χ3v) is 6.71. The summed E-state index contributed by atoms with van der Waals surface area (Å²) in [7, 11) is 0. The maximum Gasteiger partial charge on any atom is 0.228 e. The van der Waals surface area contributed by atoms with Crippen molar-refractivity contribution in [2.24, 2.45) is 11.3 Å². The maximum absolute atomic E-state index is 12.9. The Labute approximate surface area is 193 Å². The summed E-state index contributed by atoms with van der Waals surface area (Å²) < 4.78 is 2.06. The van der Waals surface area contributed by atoms with Crippen molar-refractivity contribution in [1.82, 2.24) is 14.9 Å². The number of fused-ring (bicyclic) bond motifs is 1. The summed E-state index contributed by atoms with van der Waals surface area (Å²) >= 11 is 6.50. The summed E-state index contributed by atoms with van der Waals surface area (Å²) in [5.74, 6) is 0.0971. The van der Waals surface area contributed by atoms with Crippen molar-refractivity contribution in [3.8, 4) is 17.2 Å². The average molecular weight is 454 g/mol. The van der Waals surface area contributed by atoms with Gasteiger partial charge in [0.25, 0.3) is 0 Å². The Morgan fingerprint density at radius 3 is 2.78 bits per heavy atom. The molecule has 1 saturated carbocycles. The topological polar surface area (TPSA) is 99.8 Å². The Morgan fingerprint density at radius 2 is 2.06 bits per heavy atom. The maximum atomic E-state index is 12.9. The fourth-order valence-corrected chi connectivity index (χ4v) is 5.22. The van der Waals surface area contributed by atoms with Crippen LogP contribution in [0.15, 0.2) is 18.3 Å². The Hall–Kier alpha value is -2.85. The van der Waals surface area contributed by atoms with Gasteiger partial charge in [-0.25, -0.2) is 4.98 Å². The molecule has 0 spiro atoms. The van der Waals surface area contributed by atoms with E-state index in [0.29, 0.717) is 23.0 Å². The number of carbonyl (C=O) groups is 2. The van der Waals surface area contributed by atoms with Crippen LogP contribution in [0, 0.1) is 22.7 Å². The summed E-state index contributed by atoms with van der Waals surface area (Å²) in [5, 5.41) is 15.9. The van der Waals surface area contributed by atoms with E-state index in [9.17, 15) is 14.9 Å². The lowest BCUT2D eigenvalue weighted by Gasteiger charge is -2.28. The number of hydrogen-bond acceptors (Lipinski definition) is 4. The van der Waals surface area contributed by atoms with Crippen molar-refractivity contribution < 1.29 is 9.59 Å². The monoisotopic (exact) mass is 453 g/mol. The van der Waals surface area contributed by atoms with E-state index in [0.717, 1.165) is 49.0 Å². The van der Waals surface area contributed by atoms with Crippen LogP contribution < -0.4 is 10.6 Å². The molecule has 2 N–H and O–H groups in total. The van der Waals surface area contributed by atoms with Gasteiger partial charge in [0, 0.05) is 48.4 Å². The SMILES string of the molecule is CC(=O)N[C@@H]1CCC[C@H](C(=O)Nc2cc(-c3cc(C#N)n4c3CC(C)(C)C4)c(Cl)cn2)C1. The zero-order valence-electron chi connectivity index (χ0n) is 18.7. The Morgan fingerprint density at radius 1 is 1.28 bits per heavy atom. The van der Waals surface area contributed by atoms with E-state index in [4.69, 9.17) is 11.6 Å². The van der Waals surface area contributed by atoms with E-state index in [-0.39, 0.29) is 29.2 Å². The van der Waals surface area contributed by atoms with Crippen molar-refractivity contribution in [1.29, 1.82) is 5.26 Å². The van der Waals surface area contributed by atoms with Crippen LogP contribution in [0.25, 0.3) is 11.1 Å². The van der Waals surface area contributed by atoms with Crippen molar-refractivity contribution >= 4 is 29.2 Å². The van der Waals surface area contributed by atoms with Gasteiger partial charge in [0.15, 0.2) is 0 Å². The van der Waals surface area contributed by atoms with Crippen LogP contribution >= 0.6 is 11.6 Å². The van der Waals surface area contributed by atoms with Gasteiger partial charge < -0.3 is 15.2 Å². The molecule has 2 aromatic rings. The van der Waals surface area contributed by atoms with Crippen LogP contribution in [0.1, 0.15) is 57.8 Å². The molecule has 7 nitrogen and oxygen atoms in total. The molecule has 3 heterocycles. The number of aromatic nitrogens is 2. The highest BCUT2D eigenvalue weighted by Crippen LogP contribution is 2.42. The molecule has 0 aromatic carbocycles. The highest BCUT2D eigenvalue weighted by atomic mass is 35.5. The normalized spacial score (nSPS) is 21.5. The van der Waals surface area contributed by atoms with E-state index in [1.165, 1.54) is 6.92 Å². The van der Waals surface area contributed by atoms with Crippen LogP contribution in [-0.2, 0) is 22.6 Å². The molecule has 0 radical (unpaired) electrons. The number of nitrogens with zero attached hydrogens (tertiary/aromatic N) is 3. The predicted molar refractivity (Wildman–Crippen MR) is 123 cm³/mol. The molecule has 2 aromatic heterocycles. The highest BCUT2D eigenvalue weighted by molar-refractivity contribution is 6.33. The first-order chi connectivity index (χ1) is 15.2. The molecule has 2 amide bonds. The zero-order chi connectivity index (χ0) is 23.0. The molecule has 0 saturated heterocycles. The van der Waals surface area contributed by atoms with E-state index in [1.54, 1.807) is 12.3 Å². The number of carbonyl (C=O) groups excluding carboxylic acids is 2. The van der Waals surface area contributed by atoms with Gasteiger partial charge in [-0.05, 0) is 43.2 Å². The number of nitrogens with one attached hydrogen (secondary N) is 2. The molecule has 0 bridgehead atoms. The van der Waals surface area contributed by atoms with Crippen LogP contribution in [0.5, 0.6) is 0 Å². The lowest BCUT2D eigenvalue weighted by molar-refractivity contribution is -0.123. The number of amides is 2.